The molecule has 1 spiro atoms. The van der Waals surface area contributed by atoms with E-state index in [-0.39, 0.29) is 17.1 Å². The van der Waals surface area contributed by atoms with Gasteiger partial charge in [0.15, 0.2) is 0 Å². The summed E-state index contributed by atoms with van der Waals surface area (Å²) in [5.41, 5.74) is -0.192. The van der Waals surface area contributed by atoms with Crippen LogP contribution in [0.15, 0.2) is 0 Å². The van der Waals surface area contributed by atoms with Crippen LogP contribution in [0.2, 0.25) is 0 Å². The van der Waals surface area contributed by atoms with E-state index in [4.69, 9.17) is 4.74 Å². The lowest BCUT2D eigenvalue weighted by atomic mass is 9.58. The first-order chi connectivity index (χ1) is 7.78. The second kappa shape index (κ2) is 4.24. The van der Waals surface area contributed by atoms with Gasteiger partial charge in [0.1, 0.15) is 0 Å². The van der Waals surface area contributed by atoms with Gasteiger partial charge in [0, 0.05) is 5.41 Å². The van der Waals surface area contributed by atoms with Crippen molar-refractivity contribution in [3.63, 3.8) is 0 Å². The molecule has 0 aromatic rings. The minimum absolute atomic E-state index is 0.0843. The van der Waals surface area contributed by atoms with Crippen molar-refractivity contribution < 1.29 is 9.84 Å². The summed E-state index contributed by atoms with van der Waals surface area (Å²) >= 11 is 0. The molecule has 2 rings (SSSR count). The lowest BCUT2D eigenvalue weighted by molar-refractivity contribution is -0.193. The summed E-state index contributed by atoms with van der Waals surface area (Å²) < 4.78 is 6.30. The van der Waals surface area contributed by atoms with Crippen molar-refractivity contribution in [3.05, 3.63) is 0 Å². The smallest absolute Gasteiger partial charge is 0.0765 e. The van der Waals surface area contributed by atoms with Crippen LogP contribution in [-0.2, 0) is 4.74 Å². The summed E-state index contributed by atoms with van der Waals surface area (Å²) in [5, 5.41) is 10.5. The number of hydrogen-bond acceptors (Lipinski definition) is 2. The topological polar surface area (TPSA) is 29.5 Å². The van der Waals surface area contributed by atoms with Gasteiger partial charge in [-0.1, -0.05) is 27.7 Å². The Morgan fingerprint density at radius 1 is 1.29 bits per heavy atom. The highest BCUT2D eigenvalue weighted by Gasteiger charge is 2.57. The SMILES string of the molecule is CC(C)[C@@H]1C[C@@H](O)C(C)(C)[C@]2(CC[C@H](C)O2)C1. The molecule has 2 aliphatic rings. The number of hydrogen-bond donors (Lipinski definition) is 1. The third-order valence-corrected chi connectivity index (χ3v) is 5.45. The predicted octanol–water partition coefficient (Wildman–Crippen LogP) is 3.38. The first kappa shape index (κ1) is 13.4. The largest absolute Gasteiger partial charge is 0.392 e. The maximum absolute atomic E-state index is 10.5. The highest BCUT2D eigenvalue weighted by atomic mass is 16.5. The Kier molecular flexibility index (Phi) is 3.33. The van der Waals surface area contributed by atoms with Crippen LogP contribution in [0.1, 0.15) is 60.3 Å². The quantitative estimate of drug-likeness (QED) is 0.761. The van der Waals surface area contributed by atoms with Gasteiger partial charge in [0.25, 0.3) is 0 Å². The molecule has 0 amide bonds. The van der Waals surface area contributed by atoms with E-state index in [1.54, 1.807) is 0 Å². The van der Waals surface area contributed by atoms with Crippen LogP contribution in [0.3, 0.4) is 0 Å². The minimum atomic E-state index is -0.228. The van der Waals surface area contributed by atoms with Gasteiger partial charge in [-0.3, -0.25) is 0 Å². The van der Waals surface area contributed by atoms with Gasteiger partial charge in [-0.2, -0.15) is 0 Å². The van der Waals surface area contributed by atoms with Gasteiger partial charge in [-0.05, 0) is 44.4 Å². The molecule has 0 aromatic heterocycles. The molecule has 1 heterocycles. The fourth-order valence-electron chi connectivity index (χ4n) is 3.73. The van der Waals surface area contributed by atoms with E-state index in [1.165, 1.54) is 0 Å². The van der Waals surface area contributed by atoms with Gasteiger partial charge in [0.2, 0.25) is 0 Å². The molecule has 1 N–H and O–H groups in total. The zero-order chi connectivity index (χ0) is 12.8. The average molecular weight is 240 g/mol. The van der Waals surface area contributed by atoms with Crippen molar-refractivity contribution in [1.82, 2.24) is 0 Å². The first-order valence-corrected chi connectivity index (χ1v) is 7.14. The van der Waals surface area contributed by atoms with E-state index in [0.717, 1.165) is 25.7 Å². The van der Waals surface area contributed by atoms with Crippen molar-refractivity contribution in [3.8, 4) is 0 Å². The van der Waals surface area contributed by atoms with E-state index in [0.29, 0.717) is 17.9 Å². The Balaban J connectivity index is 2.27. The molecule has 0 bridgehead atoms. The highest BCUT2D eigenvalue weighted by Crippen LogP contribution is 2.55. The van der Waals surface area contributed by atoms with Crippen LogP contribution in [-0.4, -0.2) is 22.9 Å². The summed E-state index contributed by atoms with van der Waals surface area (Å²) in [5.74, 6) is 1.24. The third-order valence-electron chi connectivity index (χ3n) is 5.45. The molecule has 1 saturated carbocycles. The van der Waals surface area contributed by atoms with Crippen LogP contribution in [0.25, 0.3) is 0 Å². The van der Waals surface area contributed by atoms with Crippen molar-refractivity contribution in [2.24, 2.45) is 17.3 Å². The predicted molar refractivity (Wildman–Crippen MR) is 69.9 cm³/mol. The summed E-state index contributed by atoms with van der Waals surface area (Å²) in [6, 6.07) is 0. The second-order valence-corrected chi connectivity index (χ2v) is 7.14. The van der Waals surface area contributed by atoms with E-state index in [9.17, 15) is 5.11 Å². The molecule has 1 aliphatic carbocycles. The number of rotatable bonds is 1. The molecule has 2 heteroatoms. The first-order valence-electron chi connectivity index (χ1n) is 7.14. The van der Waals surface area contributed by atoms with E-state index in [1.807, 2.05) is 0 Å². The molecule has 17 heavy (non-hydrogen) atoms. The summed E-state index contributed by atoms with van der Waals surface area (Å²) in [6.07, 6.45) is 4.44. The normalized spacial score (nSPS) is 45.7. The Labute approximate surface area is 106 Å². The number of aliphatic hydroxyl groups is 1. The van der Waals surface area contributed by atoms with E-state index >= 15 is 0 Å². The van der Waals surface area contributed by atoms with E-state index < -0.39 is 0 Å². The van der Waals surface area contributed by atoms with Crippen LogP contribution in [0.5, 0.6) is 0 Å². The second-order valence-electron chi connectivity index (χ2n) is 7.14. The molecule has 1 saturated heterocycles. The fraction of sp³-hybridized carbons (Fsp3) is 1.00. The molecule has 1 aliphatic heterocycles. The molecule has 2 fully saturated rings. The standard InChI is InChI=1S/C15H28O2/c1-10(2)12-8-13(16)14(4,5)15(9-12)7-6-11(3)17-15/h10-13,16H,6-9H2,1-5H3/t11-,12+,13+,15-/m0/s1. The molecule has 0 unspecified atom stereocenters. The molecule has 100 valence electrons. The van der Waals surface area contributed by atoms with Gasteiger partial charge >= 0.3 is 0 Å². The maximum Gasteiger partial charge on any atom is 0.0765 e. The van der Waals surface area contributed by atoms with Crippen molar-refractivity contribution in [1.29, 1.82) is 0 Å². The van der Waals surface area contributed by atoms with Crippen LogP contribution in [0, 0.1) is 17.3 Å². The van der Waals surface area contributed by atoms with Gasteiger partial charge in [0.05, 0.1) is 17.8 Å². The van der Waals surface area contributed by atoms with Gasteiger partial charge in [-0.15, -0.1) is 0 Å². The van der Waals surface area contributed by atoms with E-state index in [2.05, 4.69) is 34.6 Å². The average Bonchev–Trinajstić information content (AvgIpc) is 2.58. The summed E-state index contributed by atoms with van der Waals surface area (Å²) in [4.78, 5) is 0. The lowest BCUT2D eigenvalue weighted by Gasteiger charge is -2.53. The van der Waals surface area contributed by atoms with Crippen LogP contribution < -0.4 is 0 Å². The van der Waals surface area contributed by atoms with Gasteiger partial charge < -0.3 is 9.84 Å². The Morgan fingerprint density at radius 3 is 2.41 bits per heavy atom. The highest BCUT2D eigenvalue weighted by molar-refractivity contribution is 5.07. The summed E-state index contributed by atoms with van der Waals surface area (Å²) in [6.45, 7) is 11.1. The zero-order valence-electron chi connectivity index (χ0n) is 12.0. The van der Waals surface area contributed by atoms with Crippen molar-refractivity contribution in [2.45, 2.75) is 78.1 Å². The summed E-state index contributed by atoms with van der Waals surface area (Å²) in [7, 11) is 0. The fourth-order valence-corrected chi connectivity index (χ4v) is 3.73. The Hall–Kier alpha value is -0.0800. The Morgan fingerprint density at radius 2 is 1.94 bits per heavy atom. The third kappa shape index (κ3) is 2.04. The number of ether oxygens (including phenoxy) is 1. The molecule has 2 nitrogen and oxygen atoms in total. The van der Waals surface area contributed by atoms with Crippen LogP contribution >= 0.6 is 0 Å². The monoisotopic (exact) mass is 240 g/mol. The lowest BCUT2D eigenvalue weighted by Crippen LogP contribution is -2.57. The van der Waals surface area contributed by atoms with Crippen molar-refractivity contribution >= 4 is 0 Å². The Bertz CT molecular complexity index is 285. The number of aliphatic hydroxyl groups excluding tert-OH is 1. The van der Waals surface area contributed by atoms with Gasteiger partial charge in [-0.25, -0.2) is 0 Å². The molecule has 0 radical (unpaired) electrons. The minimum Gasteiger partial charge on any atom is -0.392 e. The molecular weight excluding hydrogens is 212 g/mol. The molecule has 4 atom stereocenters. The molecule has 0 aromatic carbocycles. The zero-order valence-corrected chi connectivity index (χ0v) is 12.0. The molecular formula is C15H28O2. The van der Waals surface area contributed by atoms with Crippen LogP contribution in [0.4, 0.5) is 0 Å². The maximum atomic E-state index is 10.5. The van der Waals surface area contributed by atoms with Crippen molar-refractivity contribution in [2.75, 3.05) is 0 Å².